The molecule has 0 atom stereocenters. The van der Waals surface area contributed by atoms with E-state index in [1.165, 1.54) is 5.56 Å². The molecule has 5 heteroatoms. The fraction of sp³-hybridized carbons (Fsp3) is 0.500. The predicted molar refractivity (Wildman–Crippen MR) is 78.1 cm³/mol. The molecule has 4 nitrogen and oxygen atoms in total. The largest absolute Gasteiger partial charge is 0.492 e. The number of benzene rings is 1. The molecule has 1 aromatic carbocycles. The minimum Gasteiger partial charge on any atom is -0.492 e. The summed E-state index contributed by atoms with van der Waals surface area (Å²) in [6, 6.07) is 8.12. The first-order chi connectivity index (χ1) is 9.27. The molecule has 19 heavy (non-hydrogen) atoms. The summed E-state index contributed by atoms with van der Waals surface area (Å²) in [5.74, 6) is 0.818. The highest BCUT2D eigenvalue weighted by Crippen LogP contribution is 2.26. The average Bonchev–Trinajstić information content (AvgIpc) is 2.42. The Kier molecular flexibility index (Phi) is 8.23. The summed E-state index contributed by atoms with van der Waals surface area (Å²) in [5, 5.41) is 11.7. The minimum atomic E-state index is 0.527. The van der Waals surface area contributed by atoms with Crippen LogP contribution in [0.5, 0.6) is 5.75 Å². The summed E-state index contributed by atoms with van der Waals surface area (Å²) in [4.78, 5) is 0. The van der Waals surface area contributed by atoms with E-state index in [0.29, 0.717) is 19.6 Å². The number of halogens is 1. The molecule has 0 heterocycles. The maximum Gasteiger partial charge on any atom is 0.133 e. The van der Waals surface area contributed by atoms with Crippen LogP contribution in [0.15, 0.2) is 22.7 Å². The third-order valence-electron chi connectivity index (χ3n) is 2.50. The Balaban J connectivity index is 2.39. The summed E-state index contributed by atoms with van der Waals surface area (Å²) in [5.41, 5.74) is 1.19. The minimum absolute atomic E-state index is 0.527. The topological polar surface area (TPSA) is 54.3 Å². The van der Waals surface area contributed by atoms with Crippen molar-refractivity contribution in [1.29, 1.82) is 5.26 Å². The summed E-state index contributed by atoms with van der Waals surface area (Å²) in [7, 11) is 1.69. The molecule has 0 aliphatic rings. The molecule has 1 aromatic rings. The molecule has 0 aliphatic heterocycles. The molecule has 0 spiro atoms. The van der Waals surface area contributed by atoms with Crippen LogP contribution in [0.4, 0.5) is 0 Å². The van der Waals surface area contributed by atoms with Crippen LogP contribution < -0.4 is 10.1 Å². The quantitative estimate of drug-likeness (QED) is 0.709. The summed E-state index contributed by atoms with van der Waals surface area (Å²) in [6.07, 6.45) is 1.28. The number of nitrogens with one attached hydrogen (secondary N) is 1. The normalized spacial score (nSPS) is 10.2. The molecule has 0 saturated carbocycles. The molecule has 0 radical (unpaired) electrons. The van der Waals surface area contributed by atoms with Gasteiger partial charge in [-0.25, -0.2) is 0 Å². The van der Waals surface area contributed by atoms with E-state index in [4.69, 9.17) is 14.7 Å². The monoisotopic (exact) mass is 326 g/mol. The fourth-order valence-corrected chi connectivity index (χ4v) is 2.05. The van der Waals surface area contributed by atoms with Crippen molar-refractivity contribution in [2.75, 3.05) is 26.9 Å². The Morgan fingerprint density at radius 3 is 2.89 bits per heavy atom. The number of methoxy groups -OCH3 is 1. The first-order valence-electron chi connectivity index (χ1n) is 6.25. The van der Waals surface area contributed by atoms with Gasteiger partial charge in [-0.05, 0) is 40.0 Å². The lowest BCUT2D eigenvalue weighted by Gasteiger charge is -2.10. The first-order valence-corrected chi connectivity index (χ1v) is 7.05. The van der Waals surface area contributed by atoms with Crippen LogP contribution in [0, 0.1) is 11.3 Å². The van der Waals surface area contributed by atoms with Crippen molar-refractivity contribution in [2.24, 2.45) is 0 Å². The van der Waals surface area contributed by atoms with Gasteiger partial charge in [-0.15, -0.1) is 0 Å². The molecule has 0 bridgehead atoms. The van der Waals surface area contributed by atoms with E-state index in [0.717, 1.165) is 29.7 Å². The van der Waals surface area contributed by atoms with E-state index in [1.54, 1.807) is 7.11 Å². The summed E-state index contributed by atoms with van der Waals surface area (Å²) in [6.45, 7) is 2.91. The van der Waals surface area contributed by atoms with Gasteiger partial charge in [0.15, 0.2) is 0 Å². The predicted octanol–water partition coefficient (Wildman–Crippen LogP) is 2.87. The molecular weight excluding hydrogens is 308 g/mol. The molecule has 0 aliphatic carbocycles. The van der Waals surface area contributed by atoms with Crippen molar-refractivity contribution in [2.45, 2.75) is 19.4 Å². The molecular formula is C14H19BrN2O2. The van der Waals surface area contributed by atoms with Crippen LogP contribution in [0.2, 0.25) is 0 Å². The number of hydrogen-bond acceptors (Lipinski definition) is 4. The van der Waals surface area contributed by atoms with Crippen molar-refractivity contribution >= 4 is 15.9 Å². The van der Waals surface area contributed by atoms with E-state index in [-0.39, 0.29) is 0 Å². The van der Waals surface area contributed by atoms with Gasteiger partial charge in [-0.3, -0.25) is 0 Å². The highest BCUT2D eigenvalue weighted by atomic mass is 79.9. The van der Waals surface area contributed by atoms with Crippen LogP contribution in [0.3, 0.4) is 0 Å². The van der Waals surface area contributed by atoms with Gasteiger partial charge in [-0.2, -0.15) is 5.26 Å². The molecule has 0 saturated heterocycles. The van der Waals surface area contributed by atoms with Crippen molar-refractivity contribution < 1.29 is 9.47 Å². The second kappa shape index (κ2) is 9.79. The van der Waals surface area contributed by atoms with Gasteiger partial charge >= 0.3 is 0 Å². The third kappa shape index (κ3) is 6.58. The average molecular weight is 327 g/mol. The number of hydrogen-bond donors (Lipinski definition) is 1. The van der Waals surface area contributed by atoms with Crippen molar-refractivity contribution in [3.8, 4) is 11.8 Å². The van der Waals surface area contributed by atoms with Crippen LogP contribution in [-0.4, -0.2) is 26.9 Å². The maximum atomic E-state index is 8.44. The summed E-state index contributed by atoms with van der Waals surface area (Å²) >= 11 is 3.50. The highest BCUT2D eigenvalue weighted by Gasteiger charge is 2.02. The van der Waals surface area contributed by atoms with Gasteiger partial charge in [-0.1, -0.05) is 6.07 Å². The Hall–Kier alpha value is -1.09. The van der Waals surface area contributed by atoms with Gasteiger partial charge in [0.05, 0.1) is 23.8 Å². The Labute approximate surface area is 122 Å². The Morgan fingerprint density at radius 2 is 2.21 bits per heavy atom. The number of nitriles is 1. The van der Waals surface area contributed by atoms with Crippen LogP contribution >= 0.6 is 15.9 Å². The van der Waals surface area contributed by atoms with Gasteiger partial charge in [0, 0.05) is 26.6 Å². The molecule has 104 valence electrons. The van der Waals surface area contributed by atoms with Gasteiger partial charge in [0.1, 0.15) is 5.75 Å². The van der Waals surface area contributed by atoms with Gasteiger partial charge in [0.2, 0.25) is 0 Å². The molecule has 0 unspecified atom stereocenters. The second-order valence-electron chi connectivity index (χ2n) is 4.04. The number of unbranched alkanes of at least 4 members (excludes halogenated alkanes) is 1. The fourth-order valence-electron chi connectivity index (χ4n) is 1.51. The first kappa shape index (κ1) is 16.0. The van der Waals surface area contributed by atoms with E-state index >= 15 is 0 Å². The smallest absolute Gasteiger partial charge is 0.133 e. The molecule has 0 aromatic heterocycles. The van der Waals surface area contributed by atoms with E-state index in [2.05, 4.69) is 27.3 Å². The maximum absolute atomic E-state index is 8.44. The number of rotatable bonds is 9. The Morgan fingerprint density at radius 1 is 1.37 bits per heavy atom. The van der Waals surface area contributed by atoms with Crippen molar-refractivity contribution in [3.63, 3.8) is 0 Å². The lowest BCUT2D eigenvalue weighted by Crippen LogP contribution is -2.18. The van der Waals surface area contributed by atoms with Crippen LogP contribution in [0.25, 0.3) is 0 Å². The van der Waals surface area contributed by atoms with Gasteiger partial charge in [0.25, 0.3) is 0 Å². The van der Waals surface area contributed by atoms with Crippen LogP contribution in [-0.2, 0) is 11.3 Å². The summed E-state index contributed by atoms with van der Waals surface area (Å²) < 4.78 is 11.5. The van der Waals surface area contributed by atoms with Crippen LogP contribution in [0.1, 0.15) is 18.4 Å². The van der Waals surface area contributed by atoms with Crippen molar-refractivity contribution in [1.82, 2.24) is 5.32 Å². The number of ether oxygens (including phenoxy) is 2. The SMILES string of the molecule is COCCNCc1ccc(OCCCC#N)c(Br)c1. The zero-order valence-corrected chi connectivity index (χ0v) is 12.7. The lowest BCUT2D eigenvalue weighted by atomic mass is 10.2. The standard InChI is InChI=1S/C14H19BrN2O2/c1-18-9-7-17-11-12-4-5-14(13(15)10-12)19-8-3-2-6-16/h4-5,10,17H,2-3,7-9,11H2,1H3. The van der Waals surface area contributed by atoms with E-state index < -0.39 is 0 Å². The van der Waals surface area contributed by atoms with E-state index in [9.17, 15) is 0 Å². The van der Waals surface area contributed by atoms with E-state index in [1.807, 2.05) is 18.2 Å². The zero-order chi connectivity index (χ0) is 13.9. The Bertz CT molecular complexity index is 418. The third-order valence-corrected chi connectivity index (χ3v) is 3.12. The molecule has 1 N–H and O–H groups in total. The molecule has 0 fully saturated rings. The second-order valence-corrected chi connectivity index (χ2v) is 4.90. The molecule has 0 amide bonds. The lowest BCUT2D eigenvalue weighted by molar-refractivity contribution is 0.199. The molecule has 1 rings (SSSR count). The number of nitrogens with zero attached hydrogens (tertiary/aromatic N) is 1. The van der Waals surface area contributed by atoms with Gasteiger partial charge < -0.3 is 14.8 Å². The van der Waals surface area contributed by atoms with Crippen molar-refractivity contribution in [3.05, 3.63) is 28.2 Å². The zero-order valence-electron chi connectivity index (χ0n) is 11.1. The highest BCUT2D eigenvalue weighted by molar-refractivity contribution is 9.10.